The molecule has 0 saturated carbocycles. The van der Waals surface area contributed by atoms with E-state index in [0.717, 1.165) is 9.13 Å². The molecule has 0 spiro atoms. The molecule has 10 heteroatoms. The van der Waals surface area contributed by atoms with Gasteiger partial charge in [0.05, 0.1) is 15.7 Å². The van der Waals surface area contributed by atoms with Gasteiger partial charge in [0.25, 0.3) is 11.5 Å². The maximum atomic E-state index is 12.6. The Bertz CT molecular complexity index is 1220. The number of benzene rings is 1. The third-order valence-electron chi connectivity index (χ3n) is 4.07. The van der Waals surface area contributed by atoms with Crippen molar-refractivity contribution in [2.75, 3.05) is 5.32 Å². The molecule has 0 aliphatic rings. The Balaban J connectivity index is 2.03. The number of nitrogens with one attached hydrogen (secondary N) is 1. The Morgan fingerprint density at radius 3 is 2.43 bits per heavy atom. The third kappa shape index (κ3) is 3.56. The van der Waals surface area contributed by atoms with Gasteiger partial charge in [-0.15, -0.1) is 0 Å². The van der Waals surface area contributed by atoms with Gasteiger partial charge in [-0.05, 0) is 12.1 Å². The number of rotatable bonds is 3. The molecular weight excluding hydrogens is 427 g/mol. The first kappa shape index (κ1) is 20.1. The normalized spacial score (nSPS) is 10.8. The fourth-order valence-electron chi connectivity index (χ4n) is 2.62. The summed E-state index contributed by atoms with van der Waals surface area (Å²) in [7, 11) is 2.74. The number of amides is 1. The number of aryl methyl sites for hydroxylation is 1. The number of anilines is 1. The molecule has 0 aliphatic carbocycles. The molecule has 0 fully saturated rings. The van der Waals surface area contributed by atoms with E-state index in [1.54, 1.807) is 24.3 Å². The second-order valence-corrected chi connectivity index (χ2v) is 7.00. The number of carbonyl (C=O) groups excluding carboxylic acids is 1. The van der Waals surface area contributed by atoms with Crippen molar-refractivity contribution in [3.8, 4) is 11.1 Å². The Morgan fingerprint density at radius 1 is 1.04 bits per heavy atom. The van der Waals surface area contributed by atoms with Crippen LogP contribution in [0, 0.1) is 0 Å². The van der Waals surface area contributed by atoms with Crippen molar-refractivity contribution >= 4 is 46.4 Å². The topological polar surface area (TPSA) is 86.0 Å². The number of hydrogen-bond donors (Lipinski definition) is 1. The number of carbonyl (C=O) groups is 1. The van der Waals surface area contributed by atoms with Gasteiger partial charge >= 0.3 is 5.69 Å². The lowest BCUT2D eigenvalue weighted by atomic mass is 10.1. The van der Waals surface area contributed by atoms with Gasteiger partial charge in [0.1, 0.15) is 10.7 Å². The first-order valence-corrected chi connectivity index (χ1v) is 9.02. The van der Waals surface area contributed by atoms with Crippen LogP contribution in [-0.4, -0.2) is 20.0 Å². The first-order valence-electron chi connectivity index (χ1n) is 7.89. The van der Waals surface area contributed by atoms with Crippen molar-refractivity contribution in [1.29, 1.82) is 0 Å². The lowest BCUT2D eigenvalue weighted by Gasteiger charge is -2.13. The summed E-state index contributed by atoms with van der Waals surface area (Å²) < 4.78 is 2.00. The number of aromatic nitrogens is 3. The summed E-state index contributed by atoms with van der Waals surface area (Å²) in [6.45, 7) is 0. The molecule has 2 heterocycles. The summed E-state index contributed by atoms with van der Waals surface area (Å²) in [6, 6.07) is 6.59. The van der Waals surface area contributed by atoms with Crippen molar-refractivity contribution in [1.82, 2.24) is 14.1 Å². The van der Waals surface area contributed by atoms with Crippen LogP contribution in [0.2, 0.25) is 15.2 Å². The summed E-state index contributed by atoms with van der Waals surface area (Å²) in [5.74, 6) is -0.700. The monoisotopic (exact) mass is 438 g/mol. The number of halogens is 3. The molecule has 0 bridgehead atoms. The Kier molecular flexibility index (Phi) is 5.60. The second-order valence-electron chi connectivity index (χ2n) is 5.88. The van der Waals surface area contributed by atoms with Crippen molar-refractivity contribution in [2.45, 2.75) is 0 Å². The van der Waals surface area contributed by atoms with E-state index in [9.17, 15) is 14.4 Å². The van der Waals surface area contributed by atoms with E-state index in [0.29, 0.717) is 11.1 Å². The molecule has 28 heavy (non-hydrogen) atoms. The number of pyridine rings is 1. The lowest BCUT2D eigenvalue weighted by molar-refractivity contribution is 0.102. The molecule has 2 aromatic heterocycles. The van der Waals surface area contributed by atoms with E-state index in [2.05, 4.69) is 10.3 Å². The first-order chi connectivity index (χ1) is 13.2. The van der Waals surface area contributed by atoms with Gasteiger partial charge < -0.3 is 9.88 Å². The molecule has 1 amide bonds. The van der Waals surface area contributed by atoms with Crippen LogP contribution in [0.15, 0.2) is 46.2 Å². The summed E-state index contributed by atoms with van der Waals surface area (Å²) in [4.78, 5) is 40.5. The van der Waals surface area contributed by atoms with Gasteiger partial charge in [-0.1, -0.05) is 46.9 Å². The van der Waals surface area contributed by atoms with E-state index in [1.807, 2.05) is 0 Å². The highest BCUT2D eigenvalue weighted by Crippen LogP contribution is 2.39. The standard InChI is InChI=1S/C18H13Cl3N4O3/c1-24-8-11(17(27)25(2)18(24)28)16(26)23-12-5-3-4-9(13(12)19)10-6-7-22-15(21)14(10)20/h3-8H,1-2H3,(H,23,26). The highest BCUT2D eigenvalue weighted by Gasteiger charge is 2.18. The minimum absolute atomic E-state index is 0.123. The lowest BCUT2D eigenvalue weighted by Crippen LogP contribution is -2.40. The van der Waals surface area contributed by atoms with E-state index in [4.69, 9.17) is 34.8 Å². The zero-order valence-corrected chi connectivity index (χ0v) is 16.9. The van der Waals surface area contributed by atoms with E-state index in [1.165, 1.54) is 26.5 Å². The molecule has 0 radical (unpaired) electrons. The van der Waals surface area contributed by atoms with Crippen molar-refractivity contribution < 1.29 is 4.79 Å². The van der Waals surface area contributed by atoms with Gasteiger partial charge in [0.2, 0.25) is 0 Å². The Labute approximate surface area is 174 Å². The minimum Gasteiger partial charge on any atom is -0.320 e. The summed E-state index contributed by atoms with van der Waals surface area (Å²) in [5, 5.41) is 3.15. The molecule has 144 valence electrons. The second kappa shape index (κ2) is 7.79. The van der Waals surface area contributed by atoms with Crippen LogP contribution < -0.4 is 16.6 Å². The maximum Gasteiger partial charge on any atom is 0.330 e. The zero-order chi connectivity index (χ0) is 20.6. The van der Waals surface area contributed by atoms with Gasteiger partial charge in [-0.2, -0.15) is 0 Å². The predicted octanol–water partition coefficient (Wildman–Crippen LogP) is 3.36. The van der Waals surface area contributed by atoms with Crippen LogP contribution in [0.25, 0.3) is 11.1 Å². The Morgan fingerprint density at radius 2 is 1.71 bits per heavy atom. The quantitative estimate of drug-likeness (QED) is 0.634. The van der Waals surface area contributed by atoms with Crippen molar-refractivity contribution in [2.24, 2.45) is 14.1 Å². The van der Waals surface area contributed by atoms with Gasteiger partial charge in [-0.25, -0.2) is 9.78 Å². The summed E-state index contributed by atoms with van der Waals surface area (Å²) >= 11 is 18.6. The average Bonchev–Trinajstić information content (AvgIpc) is 2.67. The van der Waals surface area contributed by atoms with Crippen LogP contribution in [0.4, 0.5) is 5.69 Å². The van der Waals surface area contributed by atoms with E-state index >= 15 is 0 Å². The number of nitrogens with zero attached hydrogens (tertiary/aromatic N) is 3. The van der Waals surface area contributed by atoms with Crippen molar-refractivity contribution in [3.63, 3.8) is 0 Å². The summed E-state index contributed by atoms with van der Waals surface area (Å²) in [5.41, 5.74) is -0.106. The molecule has 0 unspecified atom stereocenters. The highest BCUT2D eigenvalue weighted by atomic mass is 35.5. The van der Waals surface area contributed by atoms with Crippen LogP contribution in [0.1, 0.15) is 10.4 Å². The van der Waals surface area contributed by atoms with Crippen LogP contribution in [0.3, 0.4) is 0 Å². The van der Waals surface area contributed by atoms with E-state index in [-0.39, 0.29) is 26.4 Å². The van der Waals surface area contributed by atoms with Crippen LogP contribution in [0.5, 0.6) is 0 Å². The highest BCUT2D eigenvalue weighted by molar-refractivity contribution is 6.44. The molecule has 3 rings (SSSR count). The molecule has 3 aromatic rings. The van der Waals surface area contributed by atoms with Crippen molar-refractivity contribution in [3.05, 3.63) is 78.3 Å². The van der Waals surface area contributed by atoms with Gasteiger partial charge in [0.15, 0.2) is 0 Å². The summed E-state index contributed by atoms with van der Waals surface area (Å²) in [6.07, 6.45) is 2.66. The molecular formula is C18H13Cl3N4O3. The minimum atomic E-state index is -0.711. The number of hydrogen-bond acceptors (Lipinski definition) is 4. The third-order valence-corrected chi connectivity index (χ3v) is 5.25. The van der Waals surface area contributed by atoms with E-state index < -0.39 is 17.2 Å². The predicted molar refractivity (Wildman–Crippen MR) is 110 cm³/mol. The molecule has 1 N–H and O–H groups in total. The zero-order valence-electron chi connectivity index (χ0n) is 14.7. The smallest absolute Gasteiger partial charge is 0.320 e. The molecule has 7 nitrogen and oxygen atoms in total. The SMILES string of the molecule is Cn1cc(C(=O)Nc2cccc(-c3ccnc(Cl)c3Cl)c2Cl)c(=O)n(C)c1=O. The molecule has 1 aromatic carbocycles. The Hall–Kier alpha value is -2.61. The molecule has 0 saturated heterocycles. The molecule has 0 atom stereocenters. The molecule has 0 aliphatic heterocycles. The fraction of sp³-hybridized carbons (Fsp3) is 0.111. The van der Waals surface area contributed by atoms with Crippen LogP contribution >= 0.6 is 34.8 Å². The maximum absolute atomic E-state index is 12.6. The van der Waals surface area contributed by atoms with Gasteiger partial charge in [-0.3, -0.25) is 14.2 Å². The largest absolute Gasteiger partial charge is 0.330 e. The van der Waals surface area contributed by atoms with Gasteiger partial charge in [0, 0.05) is 37.6 Å². The fourth-order valence-corrected chi connectivity index (χ4v) is 3.26. The average molecular weight is 440 g/mol. The van der Waals surface area contributed by atoms with Crippen LogP contribution in [-0.2, 0) is 14.1 Å².